The third-order valence-electron chi connectivity index (χ3n) is 4.62. The molecular formula is C16H21Cl2NO. The van der Waals surface area contributed by atoms with E-state index in [1.165, 1.54) is 32.1 Å². The average molecular weight is 314 g/mol. The van der Waals surface area contributed by atoms with E-state index in [4.69, 9.17) is 27.9 Å². The molecule has 1 aliphatic carbocycles. The van der Waals surface area contributed by atoms with Crippen LogP contribution in [-0.4, -0.2) is 18.2 Å². The number of anilines is 1. The molecule has 1 N–H and O–H groups in total. The Morgan fingerprint density at radius 2 is 1.95 bits per heavy atom. The van der Waals surface area contributed by atoms with Crippen molar-refractivity contribution in [1.82, 2.24) is 0 Å². The standard InChI is InChI=1S/C16H21Cl2NO/c1-11-8-14(18)15(9-13(11)17)19-10-12-4-7-16(20-12)5-2-3-6-16/h8-9,12,19H,2-7,10H2,1H3. The minimum absolute atomic E-state index is 0.195. The van der Waals surface area contributed by atoms with E-state index >= 15 is 0 Å². The normalized spacial score (nSPS) is 24.4. The molecule has 110 valence electrons. The van der Waals surface area contributed by atoms with Gasteiger partial charge in [0, 0.05) is 11.6 Å². The lowest BCUT2D eigenvalue weighted by atomic mass is 9.98. The van der Waals surface area contributed by atoms with Gasteiger partial charge in [-0.25, -0.2) is 0 Å². The predicted octanol–water partition coefficient (Wildman–Crippen LogP) is 5.21. The summed E-state index contributed by atoms with van der Waals surface area (Å²) in [5, 5.41) is 4.86. The zero-order valence-electron chi connectivity index (χ0n) is 11.8. The highest BCUT2D eigenvalue weighted by Crippen LogP contribution is 2.43. The van der Waals surface area contributed by atoms with Crippen molar-refractivity contribution in [3.63, 3.8) is 0 Å². The molecule has 1 spiro atoms. The van der Waals surface area contributed by atoms with Crippen molar-refractivity contribution in [2.45, 2.75) is 57.2 Å². The second-order valence-electron chi connectivity index (χ2n) is 6.13. The first kappa shape index (κ1) is 14.5. The van der Waals surface area contributed by atoms with Crippen LogP contribution in [0.2, 0.25) is 10.0 Å². The summed E-state index contributed by atoms with van der Waals surface area (Å²) in [6.45, 7) is 2.77. The molecule has 1 atom stereocenters. The summed E-state index contributed by atoms with van der Waals surface area (Å²) in [4.78, 5) is 0. The van der Waals surface area contributed by atoms with Gasteiger partial charge in [-0.3, -0.25) is 0 Å². The fraction of sp³-hybridized carbons (Fsp3) is 0.625. The minimum atomic E-state index is 0.195. The first-order chi connectivity index (χ1) is 9.58. The molecular weight excluding hydrogens is 293 g/mol. The van der Waals surface area contributed by atoms with Crippen LogP contribution in [0.4, 0.5) is 5.69 Å². The Hall–Kier alpha value is -0.440. The third kappa shape index (κ3) is 2.93. The summed E-state index contributed by atoms with van der Waals surface area (Å²) in [5.74, 6) is 0. The number of rotatable bonds is 3. The summed E-state index contributed by atoms with van der Waals surface area (Å²) in [6.07, 6.45) is 7.76. The summed E-state index contributed by atoms with van der Waals surface area (Å²) < 4.78 is 6.29. The topological polar surface area (TPSA) is 21.3 Å². The lowest BCUT2D eigenvalue weighted by Gasteiger charge is -2.24. The van der Waals surface area contributed by atoms with Crippen molar-refractivity contribution < 1.29 is 4.74 Å². The molecule has 2 nitrogen and oxygen atoms in total. The molecule has 1 aliphatic heterocycles. The highest BCUT2D eigenvalue weighted by atomic mass is 35.5. The zero-order valence-corrected chi connectivity index (χ0v) is 13.4. The van der Waals surface area contributed by atoms with Crippen LogP contribution in [0.5, 0.6) is 0 Å². The molecule has 4 heteroatoms. The van der Waals surface area contributed by atoms with Crippen LogP contribution in [0.3, 0.4) is 0 Å². The van der Waals surface area contributed by atoms with Crippen LogP contribution in [0, 0.1) is 6.92 Å². The molecule has 1 saturated heterocycles. The number of hydrogen-bond donors (Lipinski definition) is 1. The van der Waals surface area contributed by atoms with Crippen molar-refractivity contribution >= 4 is 28.9 Å². The van der Waals surface area contributed by atoms with Gasteiger partial charge in [0.15, 0.2) is 0 Å². The van der Waals surface area contributed by atoms with Crippen molar-refractivity contribution in [2.24, 2.45) is 0 Å². The molecule has 1 aromatic carbocycles. The third-order valence-corrected chi connectivity index (χ3v) is 5.34. The number of hydrogen-bond acceptors (Lipinski definition) is 2. The monoisotopic (exact) mass is 313 g/mol. The van der Waals surface area contributed by atoms with Gasteiger partial charge in [0.25, 0.3) is 0 Å². The van der Waals surface area contributed by atoms with Gasteiger partial charge in [-0.05, 0) is 50.3 Å². The molecule has 1 heterocycles. The van der Waals surface area contributed by atoms with Gasteiger partial charge >= 0.3 is 0 Å². The van der Waals surface area contributed by atoms with E-state index < -0.39 is 0 Å². The minimum Gasteiger partial charge on any atom is -0.381 e. The van der Waals surface area contributed by atoms with E-state index in [0.29, 0.717) is 6.10 Å². The van der Waals surface area contributed by atoms with Crippen LogP contribution >= 0.6 is 23.2 Å². The Balaban J connectivity index is 1.59. The van der Waals surface area contributed by atoms with E-state index in [0.717, 1.165) is 34.3 Å². The summed E-state index contributed by atoms with van der Waals surface area (Å²) in [5.41, 5.74) is 2.10. The zero-order chi connectivity index (χ0) is 14.2. The number of ether oxygens (including phenoxy) is 1. The first-order valence-electron chi connectivity index (χ1n) is 7.45. The number of benzene rings is 1. The lowest BCUT2D eigenvalue weighted by Crippen LogP contribution is -2.27. The van der Waals surface area contributed by atoms with Crippen LogP contribution in [-0.2, 0) is 4.74 Å². The van der Waals surface area contributed by atoms with E-state index in [-0.39, 0.29) is 5.60 Å². The number of nitrogens with one attached hydrogen (secondary N) is 1. The average Bonchev–Trinajstić information content (AvgIpc) is 3.03. The predicted molar refractivity (Wildman–Crippen MR) is 85.0 cm³/mol. The molecule has 0 aromatic heterocycles. The Labute approximate surface area is 130 Å². The molecule has 2 aliphatic rings. The van der Waals surface area contributed by atoms with Gasteiger partial charge in [-0.15, -0.1) is 0 Å². The second kappa shape index (κ2) is 5.75. The van der Waals surface area contributed by atoms with E-state index in [1.54, 1.807) is 0 Å². The first-order valence-corrected chi connectivity index (χ1v) is 8.21. The fourth-order valence-electron chi connectivity index (χ4n) is 3.43. The Morgan fingerprint density at radius 1 is 1.20 bits per heavy atom. The van der Waals surface area contributed by atoms with Gasteiger partial charge in [-0.2, -0.15) is 0 Å². The van der Waals surface area contributed by atoms with Crippen LogP contribution in [0.25, 0.3) is 0 Å². The number of halogens is 2. The van der Waals surface area contributed by atoms with Crippen LogP contribution in [0.1, 0.15) is 44.1 Å². The second-order valence-corrected chi connectivity index (χ2v) is 6.95. The van der Waals surface area contributed by atoms with E-state index in [1.807, 2.05) is 19.1 Å². The highest BCUT2D eigenvalue weighted by Gasteiger charge is 2.41. The molecule has 0 radical (unpaired) electrons. The SMILES string of the molecule is Cc1cc(Cl)c(NCC2CCC3(CCCC3)O2)cc1Cl. The Kier molecular flexibility index (Phi) is 4.16. The van der Waals surface area contributed by atoms with Crippen molar-refractivity contribution in [1.29, 1.82) is 0 Å². The molecule has 20 heavy (non-hydrogen) atoms. The van der Waals surface area contributed by atoms with Crippen LogP contribution in [0.15, 0.2) is 12.1 Å². The molecule has 0 bridgehead atoms. The van der Waals surface area contributed by atoms with Gasteiger partial charge in [-0.1, -0.05) is 36.0 Å². The van der Waals surface area contributed by atoms with Crippen molar-refractivity contribution in [2.75, 3.05) is 11.9 Å². The lowest BCUT2D eigenvalue weighted by molar-refractivity contribution is -0.0307. The Morgan fingerprint density at radius 3 is 2.70 bits per heavy atom. The van der Waals surface area contributed by atoms with E-state index in [9.17, 15) is 0 Å². The maximum atomic E-state index is 6.29. The summed E-state index contributed by atoms with van der Waals surface area (Å²) in [6, 6.07) is 3.81. The molecule has 0 amide bonds. The Bertz CT molecular complexity index is 497. The number of aryl methyl sites for hydroxylation is 1. The maximum Gasteiger partial charge on any atom is 0.0756 e. The molecule has 1 unspecified atom stereocenters. The smallest absolute Gasteiger partial charge is 0.0756 e. The fourth-order valence-corrected chi connectivity index (χ4v) is 3.88. The largest absolute Gasteiger partial charge is 0.381 e. The van der Waals surface area contributed by atoms with Crippen LogP contribution < -0.4 is 5.32 Å². The van der Waals surface area contributed by atoms with E-state index in [2.05, 4.69) is 5.32 Å². The van der Waals surface area contributed by atoms with Gasteiger partial charge in [0.1, 0.15) is 0 Å². The summed E-state index contributed by atoms with van der Waals surface area (Å²) >= 11 is 12.4. The van der Waals surface area contributed by atoms with Gasteiger partial charge in [0.05, 0.1) is 22.4 Å². The molecule has 3 rings (SSSR count). The van der Waals surface area contributed by atoms with Gasteiger partial charge in [0.2, 0.25) is 0 Å². The molecule has 2 fully saturated rings. The molecule has 1 aromatic rings. The highest BCUT2D eigenvalue weighted by molar-refractivity contribution is 6.35. The van der Waals surface area contributed by atoms with Crippen molar-refractivity contribution in [3.05, 3.63) is 27.7 Å². The summed E-state index contributed by atoms with van der Waals surface area (Å²) in [7, 11) is 0. The maximum absolute atomic E-state index is 6.29. The quantitative estimate of drug-likeness (QED) is 0.827. The molecule has 1 saturated carbocycles. The van der Waals surface area contributed by atoms with Crippen molar-refractivity contribution in [3.8, 4) is 0 Å². The van der Waals surface area contributed by atoms with Gasteiger partial charge < -0.3 is 10.1 Å².